The van der Waals surface area contributed by atoms with Crippen LogP contribution in [0, 0.1) is 13.8 Å². The molecule has 98 valence electrons. The number of aromatic nitrogens is 1. The van der Waals surface area contributed by atoms with Crippen LogP contribution in [-0.2, 0) is 0 Å². The standard InChI is InChI=1S/C15H17N3O/c1-10-6-11(2)8-13(7-10)18(3)15(19)14-5-4-12(16)9-17-14/h4-9H,16H2,1-3H3. The number of carbonyl (C=O) groups is 1. The highest BCUT2D eigenvalue weighted by molar-refractivity contribution is 6.04. The highest BCUT2D eigenvalue weighted by Gasteiger charge is 2.15. The van der Waals surface area contributed by atoms with Crippen molar-refractivity contribution in [1.82, 2.24) is 4.98 Å². The topological polar surface area (TPSA) is 59.2 Å². The molecule has 1 aromatic heterocycles. The zero-order valence-electron chi connectivity index (χ0n) is 11.3. The third-order valence-electron chi connectivity index (χ3n) is 2.90. The molecule has 4 heteroatoms. The van der Waals surface area contributed by atoms with Crippen molar-refractivity contribution in [2.45, 2.75) is 13.8 Å². The first-order valence-electron chi connectivity index (χ1n) is 6.05. The molecule has 0 aliphatic rings. The van der Waals surface area contributed by atoms with Crippen LogP contribution < -0.4 is 10.6 Å². The Morgan fingerprint density at radius 3 is 2.32 bits per heavy atom. The number of pyridine rings is 1. The molecule has 0 aliphatic carbocycles. The van der Waals surface area contributed by atoms with Gasteiger partial charge in [-0.25, -0.2) is 4.98 Å². The Kier molecular flexibility index (Phi) is 3.51. The number of nitrogens with zero attached hydrogens (tertiary/aromatic N) is 2. The normalized spacial score (nSPS) is 10.3. The zero-order valence-corrected chi connectivity index (χ0v) is 11.3. The second-order valence-corrected chi connectivity index (χ2v) is 4.69. The van der Waals surface area contributed by atoms with Crippen LogP contribution in [-0.4, -0.2) is 17.9 Å². The molecule has 0 saturated heterocycles. The lowest BCUT2D eigenvalue weighted by atomic mass is 10.1. The summed E-state index contributed by atoms with van der Waals surface area (Å²) in [6.45, 7) is 4.02. The lowest BCUT2D eigenvalue weighted by Crippen LogP contribution is -2.27. The first-order valence-corrected chi connectivity index (χ1v) is 6.05. The molecule has 1 heterocycles. The van der Waals surface area contributed by atoms with Gasteiger partial charge >= 0.3 is 0 Å². The van der Waals surface area contributed by atoms with Crippen molar-refractivity contribution < 1.29 is 4.79 Å². The Labute approximate surface area is 112 Å². The number of anilines is 2. The van der Waals surface area contributed by atoms with Crippen molar-refractivity contribution in [2.24, 2.45) is 0 Å². The summed E-state index contributed by atoms with van der Waals surface area (Å²) in [5, 5.41) is 0. The maximum atomic E-state index is 12.3. The molecule has 19 heavy (non-hydrogen) atoms. The Morgan fingerprint density at radius 1 is 1.16 bits per heavy atom. The van der Waals surface area contributed by atoms with E-state index in [1.54, 1.807) is 24.1 Å². The number of rotatable bonds is 2. The van der Waals surface area contributed by atoms with Crippen LogP contribution >= 0.6 is 0 Å². The third-order valence-corrected chi connectivity index (χ3v) is 2.90. The van der Waals surface area contributed by atoms with Gasteiger partial charge in [0, 0.05) is 12.7 Å². The Bertz CT molecular complexity index is 585. The summed E-state index contributed by atoms with van der Waals surface area (Å²) in [6.07, 6.45) is 1.49. The maximum Gasteiger partial charge on any atom is 0.276 e. The van der Waals surface area contributed by atoms with Crippen LogP contribution in [0.15, 0.2) is 36.5 Å². The van der Waals surface area contributed by atoms with Crippen LogP contribution in [0.3, 0.4) is 0 Å². The molecular weight excluding hydrogens is 238 g/mol. The van der Waals surface area contributed by atoms with E-state index in [1.807, 2.05) is 26.0 Å². The number of amides is 1. The van der Waals surface area contributed by atoms with Gasteiger partial charge in [-0.05, 0) is 49.2 Å². The molecule has 0 radical (unpaired) electrons. The van der Waals surface area contributed by atoms with E-state index in [1.165, 1.54) is 6.20 Å². The van der Waals surface area contributed by atoms with E-state index in [0.717, 1.165) is 16.8 Å². The smallest absolute Gasteiger partial charge is 0.276 e. The summed E-state index contributed by atoms with van der Waals surface area (Å²) < 4.78 is 0. The van der Waals surface area contributed by atoms with E-state index >= 15 is 0 Å². The summed E-state index contributed by atoms with van der Waals surface area (Å²) >= 11 is 0. The number of aryl methyl sites for hydroxylation is 2. The minimum absolute atomic E-state index is 0.148. The number of benzene rings is 1. The van der Waals surface area contributed by atoms with Gasteiger partial charge in [-0.15, -0.1) is 0 Å². The molecule has 0 atom stereocenters. The van der Waals surface area contributed by atoms with Crippen molar-refractivity contribution in [3.05, 3.63) is 53.3 Å². The SMILES string of the molecule is Cc1cc(C)cc(N(C)C(=O)c2ccc(N)cn2)c1. The predicted molar refractivity (Wildman–Crippen MR) is 77.3 cm³/mol. The average molecular weight is 255 g/mol. The van der Waals surface area contributed by atoms with Crippen molar-refractivity contribution >= 4 is 17.3 Å². The summed E-state index contributed by atoms with van der Waals surface area (Å²) in [5.41, 5.74) is 9.61. The molecule has 0 aliphatic heterocycles. The van der Waals surface area contributed by atoms with E-state index in [2.05, 4.69) is 11.1 Å². The fourth-order valence-corrected chi connectivity index (χ4v) is 1.97. The summed E-state index contributed by atoms with van der Waals surface area (Å²) in [4.78, 5) is 18.0. The van der Waals surface area contributed by atoms with E-state index in [4.69, 9.17) is 5.73 Å². The van der Waals surface area contributed by atoms with Gasteiger partial charge < -0.3 is 10.6 Å². The average Bonchev–Trinajstić information content (AvgIpc) is 2.37. The molecule has 0 saturated carbocycles. The van der Waals surface area contributed by atoms with Gasteiger partial charge in [0.2, 0.25) is 0 Å². The van der Waals surface area contributed by atoms with Crippen LogP contribution in [0.4, 0.5) is 11.4 Å². The van der Waals surface area contributed by atoms with Crippen LogP contribution in [0.2, 0.25) is 0 Å². The summed E-state index contributed by atoms with van der Waals surface area (Å²) in [7, 11) is 1.74. The zero-order chi connectivity index (χ0) is 14.0. The first kappa shape index (κ1) is 13.1. The van der Waals surface area contributed by atoms with Gasteiger partial charge in [0.1, 0.15) is 5.69 Å². The second kappa shape index (κ2) is 5.10. The Balaban J connectivity index is 2.30. The monoisotopic (exact) mass is 255 g/mol. The lowest BCUT2D eigenvalue weighted by molar-refractivity contribution is 0.0988. The van der Waals surface area contributed by atoms with E-state index < -0.39 is 0 Å². The number of nitrogens with two attached hydrogens (primary N) is 1. The van der Waals surface area contributed by atoms with Crippen molar-refractivity contribution in [3.63, 3.8) is 0 Å². The summed E-state index contributed by atoms with van der Waals surface area (Å²) in [6, 6.07) is 9.33. The van der Waals surface area contributed by atoms with Crippen LogP contribution in [0.25, 0.3) is 0 Å². The number of hydrogen-bond donors (Lipinski definition) is 1. The largest absolute Gasteiger partial charge is 0.397 e. The predicted octanol–water partition coefficient (Wildman–Crippen LogP) is 2.56. The van der Waals surface area contributed by atoms with Gasteiger partial charge in [0.25, 0.3) is 5.91 Å². The fraction of sp³-hybridized carbons (Fsp3) is 0.200. The number of nitrogen functional groups attached to an aromatic ring is 1. The molecule has 0 fully saturated rings. The van der Waals surface area contributed by atoms with Crippen molar-refractivity contribution in [2.75, 3.05) is 17.7 Å². The molecule has 2 N–H and O–H groups in total. The molecular formula is C15H17N3O. The Morgan fingerprint density at radius 2 is 1.79 bits per heavy atom. The van der Waals surface area contributed by atoms with E-state index in [-0.39, 0.29) is 5.91 Å². The maximum absolute atomic E-state index is 12.3. The van der Waals surface area contributed by atoms with Gasteiger partial charge in [0.15, 0.2) is 0 Å². The number of hydrogen-bond acceptors (Lipinski definition) is 3. The second-order valence-electron chi connectivity index (χ2n) is 4.69. The third kappa shape index (κ3) is 2.91. The van der Waals surface area contributed by atoms with E-state index in [0.29, 0.717) is 11.4 Å². The molecule has 2 rings (SSSR count). The van der Waals surface area contributed by atoms with Gasteiger partial charge in [-0.3, -0.25) is 4.79 Å². The number of carbonyl (C=O) groups excluding carboxylic acids is 1. The summed E-state index contributed by atoms with van der Waals surface area (Å²) in [5.74, 6) is -0.148. The molecule has 0 bridgehead atoms. The minimum Gasteiger partial charge on any atom is -0.397 e. The first-order chi connectivity index (χ1) is 8.97. The minimum atomic E-state index is -0.148. The fourth-order valence-electron chi connectivity index (χ4n) is 1.97. The highest BCUT2D eigenvalue weighted by Crippen LogP contribution is 2.19. The van der Waals surface area contributed by atoms with Crippen molar-refractivity contribution in [3.8, 4) is 0 Å². The Hall–Kier alpha value is -2.36. The molecule has 1 amide bonds. The lowest BCUT2D eigenvalue weighted by Gasteiger charge is -2.18. The van der Waals surface area contributed by atoms with Crippen molar-refractivity contribution in [1.29, 1.82) is 0 Å². The van der Waals surface area contributed by atoms with Crippen LogP contribution in [0.1, 0.15) is 21.6 Å². The molecule has 4 nitrogen and oxygen atoms in total. The van der Waals surface area contributed by atoms with Crippen LogP contribution in [0.5, 0.6) is 0 Å². The van der Waals surface area contributed by atoms with E-state index in [9.17, 15) is 4.79 Å². The van der Waals surface area contributed by atoms with Gasteiger partial charge in [0.05, 0.1) is 11.9 Å². The van der Waals surface area contributed by atoms with Gasteiger partial charge in [-0.1, -0.05) is 6.07 Å². The quantitative estimate of drug-likeness (QED) is 0.897. The van der Waals surface area contributed by atoms with Gasteiger partial charge in [-0.2, -0.15) is 0 Å². The molecule has 0 spiro atoms. The molecule has 2 aromatic rings. The highest BCUT2D eigenvalue weighted by atomic mass is 16.2. The molecule has 1 aromatic carbocycles. The molecule has 0 unspecified atom stereocenters.